The van der Waals surface area contributed by atoms with Gasteiger partial charge >= 0.3 is 0 Å². The Morgan fingerprint density at radius 3 is 2.65 bits per heavy atom. The van der Waals surface area contributed by atoms with Gasteiger partial charge in [0.2, 0.25) is 10.0 Å². The second-order valence-corrected chi connectivity index (χ2v) is 7.51. The molecule has 7 heteroatoms. The van der Waals surface area contributed by atoms with Crippen LogP contribution in [0.3, 0.4) is 0 Å². The number of nitrogens with zero attached hydrogens (tertiary/aromatic N) is 1. The van der Waals surface area contributed by atoms with Crippen LogP contribution in [0.25, 0.3) is 0 Å². The molecule has 0 spiro atoms. The van der Waals surface area contributed by atoms with Crippen molar-refractivity contribution in [3.05, 3.63) is 28.8 Å². The van der Waals surface area contributed by atoms with Crippen molar-refractivity contribution < 1.29 is 13.2 Å². The van der Waals surface area contributed by atoms with E-state index in [1.165, 1.54) is 16.4 Å². The largest absolute Gasteiger partial charge is 0.377 e. The lowest BCUT2D eigenvalue weighted by Gasteiger charge is -2.26. The summed E-state index contributed by atoms with van der Waals surface area (Å²) in [5, 5.41) is 0.366. The minimum Gasteiger partial charge on any atom is -0.377 e. The Hall–Kier alpha value is -0.330. The lowest BCUT2D eigenvalue weighted by atomic mass is 10.2. The van der Waals surface area contributed by atoms with Crippen LogP contribution >= 0.6 is 23.2 Å². The van der Waals surface area contributed by atoms with E-state index in [1.54, 1.807) is 13.1 Å². The van der Waals surface area contributed by atoms with Gasteiger partial charge in [-0.2, -0.15) is 4.31 Å². The standard InChI is InChI=1S/C13H17Cl2NO3S/c1-9-13(5-6-19-9)16(2)20(17,18)11-4-3-10(8-14)12(15)7-11/h3-4,7,9,13H,5-6,8H2,1-2H3. The van der Waals surface area contributed by atoms with Crippen LogP contribution in [-0.4, -0.2) is 38.5 Å². The SMILES string of the molecule is CC1OCCC1N(C)S(=O)(=O)c1ccc(CCl)c(Cl)c1. The summed E-state index contributed by atoms with van der Waals surface area (Å²) in [7, 11) is -2.00. The number of hydrogen-bond acceptors (Lipinski definition) is 3. The van der Waals surface area contributed by atoms with E-state index in [-0.39, 0.29) is 22.9 Å². The molecule has 1 heterocycles. The predicted octanol–water partition coefficient (Wildman–Crippen LogP) is 2.88. The highest BCUT2D eigenvalue weighted by atomic mass is 35.5. The van der Waals surface area contributed by atoms with Gasteiger partial charge in [0.25, 0.3) is 0 Å². The van der Waals surface area contributed by atoms with Crippen molar-refractivity contribution in [3.63, 3.8) is 0 Å². The molecule has 2 rings (SSSR count). The molecule has 1 fully saturated rings. The first-order chi connectivity index (χ1) is 9.37. The van der Waals surface area contributed by atoms with Crippen molar-refractivity contribution in [1.82, 2.24) is 4.31 Å². The van der Waals surface area contributed by atoms with E-state index < -0.39 is 10.0 Å². The summed E-state index contributed by atoms with van der Waals surface area (Å²) in [6.07, 6.45) is 0.595. The van der Waals surface area contributed by atoms with Crippen LogP contribution in [0.4, 0.5) is 0 Å². The van der Waals surface area contributed by atoms with E-state index in [1.807, 2.05) is 6.92 Å². The normalized spacial score (nSPS) is 23.4. The van der Waals surface area contributed by atoms with Crippen LogP contribution in [-0.2, 0) is 20.6 Å². The Labute approximate surface area is 129 Å². The topological polar surface area (TPSA) is 46.6 Å². The van der Waals surface area contributed by atoms with Crippen LogP contribution in [0.5, 0.6) is 0 Å². The Bertz CT molecular complexity index is 591. The Kier molecular flexibility index (Phi) is 4.97. The minimum absolute atomic E-state index is 0.104. The van der Waals surface area contributed by atoms with E-state index >= 15 is 0 Å². The second kappa shape index (κ2) is 6.20. The molecule has 1 aromatic rings. The molecule has 1 saturated heterocycles. The van der Waals surface area contributed by atoms with Crippen LogP contribution < -0.4 is 0 Å². The fourth-order valence-corrected chi connectivity index (χ4v) is 4.43. The number of sulfonamides is 1. The van der Waals surface area contributed by atoms with Gasteiger partial charge in [0, 0.05) is 24.6 Å². The molecule has 0 radical (unpaired) electrons. The van der Waals surface area contributed by atoms with Crippen molar-refractivity contribution in [2.24, 2.45) is 0 Å². The molecule has 0 aromatic heterocycles. The Balaban J connectivity index is 2.32. The van der Waals surface area contributed by atoms with Gasteiger partial charge in [-0.3, -0.25) is 0 Å². The molecule has 0 N–H and O–H groups in total. The van der Waals surface area contributed by atoms with Gasteiger partial charge in [-0.25, -0.2) is 8.42 Å². The third kappa shape index (κ3) is 2.97. The molecule has 2 unspecified atom stereocenters. The Morgan fingerprint density at radius 1 is 1.45 bits per heavy atom. The average molecular weight is 338 g/mol. The molecule has 0 amide bonds. The summed E-state index contributed by atoms with van der Waals surface area (Å²) >= 11 is 11.8. The van der Waals surface area contributed by atoms with Crippen LogP contribution in [0.2, 0.25) is 5.02 Å². The van der Waals surface area contributed by atoms with Gasteiger partial charge in [0.1, 0.15) is 0 Å². The molecule has 1 aliphatic rings. The maximum atomic E-state index is 12.6. The molecular formula is C13H17Cl2NO3S. The molecule has 2 atom stereocenters. The Morgan fingerprint density at radius 2 is 2.15 bits per heavy atom. The van der Waals surface area contributed by atoms with E-state index in [0.29, 0.717) is 23.6 Å². The molecule has 4 nitrogen and oxygen atoms in total. The zero-order valence-electron chi connectivity index (χ0n) is 11.3. The zero-order chi connectivity index (χ0) is 14.9. The third-order valence-corrected chi connectivity index (χ3v) is 6.17. The van der Waals surface area contributed by atoms with Gasteiger partial charge in [0.05, 0.1) is 17.0 Å². The number of halogens is 2. The van der Waals surface area contributed by atoms with Crippen molar-refractivity contribution in [2.75, 3.05) is 13.7 Å². The maximum Gasteiger partial charge on any atom is 0.243 e. The number of alkyl halides is 1. The fraction of sp³-hybridized carbons (Fsp3) is 0.538. The zero-order valence-corrected chi connectivity index (χ0v) is 13.7. The number of hydrogen-bond donors (Lipinski definition) is 0. The monoisotopic (exact) mass is 337 g/mol. The first kappa shape index (κ1) is 16.0. The van der Waals surface area contributed by atoms with E-state index in [0.717, 1.165) is 0 Å². The second-order valence-electron chi connectivity index (χ2n) is 4.84. The van der Waals surface area contributed by atoms with Crippen molar-refractivity contribution in [1.29, 1.82) is 0 Å². The molecule has 0 bridgehead atoms. The average Bonchev–Trinajstić information content (AvgIpc) is 2.83. The number of likely N-dealkylation sites (N-methyl/N-ethyl adjacent to an activating group) is 1. The summed E-state index contributed by atoms with van der Waals surface area (Å²) in [6, 6.07) is 4.48. The lowest BCUT2D eigenvalue weighted by Crippen LogP contribution is -2.40. The van der Waals surface area contributed by atoms with Crippen LogP contribution in [0.1, 0.15) is 18.9 Å². The number of rotatable bonds is 4. The lowest BCUT2D eigenvalue weighted by molar-refractivity contribution is 0.102. The summed E-state index contributed by atoms with van der Waals surface area (Å²) in [4.78, 5) is 0.179. The third-order valence-electron chi connectivity index (χ3n) is 3.65. The van der Waals surface area contributed by atoms with Crippen molar-refractivity contribution >= 4 is 33.2 Å². The van der Waals surface area contributed by atoms with Gasteiger partial charge < -0.3 is 4.74 Å². The fourth-order valence-electron chi connectivity index (χ4n) is 2.34. The highest BCUT2D eigenvalue weighted by Gasteiger charge is 2.35. The highest BCUT2D eigenvalue weighted by Crippen LogP contribution is 2.27. The van der Waals surface area contributed by atoms with E-state index in [2.05, 4.69) is 0 Å². The quantitative estimate of drug-likeness (QED) is 0.793. The first-order valence-electron chi connectivity index (χ1n) is 6.32. The smallest absolute Gasteiger partial charge is 0.243 e. The van der Waals surface area contributed by atoms with Gasteiger partial charge in [-0.1, -0.05) is 17.7 Å². The number of ether oxygens (including phenoxy) is 1. The van der Waals surface area contributed by atoms with Crippen LogP contribution in [0, 0.1) is 0 Å². The van der Waals surface area contributed by atoms with Gasteiger partial charge in [-0.15, -0.1) is 11.6 Å². The molecule has 1 aliphatic heterocycles. The van der Waals surface area contributed by atoms with Crippen molar-refractivity contribution in [3.8, 4) is 0 Å². The van der Waals surface area contributed by atoms with Gasteiger partial charge in [0.15, 0.2) is 0 Å². The summed E-state index contributed by atoms with van der Waals surface area (Å²) in [5.74, 6) is 0.252. The first-order valence-corrected chi connectivity index (χ1v) is 8.67. The molecule has 20 heavy (non-hydrogen) atoms. The summed E-state index contributed by atoms with van der Waals surface area (Å²) in [6.45, 7) is 2.46. The molecule has 0 aliphatic carbocycles. The molecule has 1 aromatic carbocycles. The van der Waals surface area contributed by atoms with Crippen molar-refractivity contribution in [2.45, 2.75) is 36.3 Å². The van der Waals surface area contributed by atoms with Gasteiger partial charge in [-0.05, 0) is 31.0 Å². The summed E-state index contributed by atoms with van der Waals surface area (Å²) in [5.41, 5.74) is 0.715. The molecule has 0 saturated carbocycles. The number of benzene rings is 1. The predicted molar refractivity (Wildman–Crippen MR) is 79.8 cm³/mol. The maximum absolute atomic E-state index is 12.6. The molecule has 112 valence electrons. The highest BCUT2D eigenvalue weighted by molar-refractivity contribution is 7.89. The summed E-state index contributed by atoms with van der Waals surface area (Å²) < 4.78 is 32.0. The van der Waals surface area contributed by atoms with Crippen LogP contribution in [0.15, 0.2) is 23.1 Å². The van der Waals surface area contributed by atoms with E-state index in [9.17, 15) is 8.42 Å². The minimum atomic E-state index is -3.58. The van der Waals surface area contributed by atoms with E-state index in [4.69, 9.17) is 27.9 Å². The molecular weight excluding hydrogens is 321 g/mol.